The molecule has 1 aromatic carbocycles. The van der Waals surface area contributed by atoms with Crippen LogP contribution in [0.5, 0.6) is 0 Å². The Balaban J connectivity index is 1.32. The van der Waals surface area contributed by atoms with Crippen molar-refractivity contribution < 1.29 is 4.79 Å². The minimum atomic E-state index is -0.0384. The standard InChI is InChI=1S/C20H26N6OS/c1-3-19-22-17(14-28-19)13-24-7-9-25(10-8-24)20(27)23-16-6-5-15-12-21-26(4-2)18(15)11-16/h5-6,11-12,14H,3-4,7-10,13H2,1-2H3,(H,23,27). The highest BCUT2D eigenvalue weighted by atomic mass is 32.1. The number of hydrogen-bond acceptors (Lipinski definition) is 5. The third-order valence-electron chi connectivity index (χ3n) is 5.14. The first-order chi connectivity index (χ1) is 13.7. The first-order valence-corrected chi connectivity index (χ1v) is 10.7. The second-order valence-corrected chi connectivity index (χ2v) is 7.96. The minimum absolute atomic E-state index is 0.0384. The molecule has 1 N–H and O–H groups in total. The molecule has 1 fully saturated rings. The highest BCUT2D eigenvalue weighted by molar-refractivity contribution is 7.09. The van der Waals surface area contributed by atoms with Gasteiger partial charge in [-0.3, -0.25) is 9.58 Å². The highest BCUT2D eigenvalue weighted by Crippen LogP contribution is 2.20. The molecule has 0 aliphatic carbocycles. The van der Waals surface area contributed by atoms with E-state index in [1.54, 1.807) is 11.3 Å². The minimum Gasteiger partial charge on any atom is -0.322 e. The molecule has 0 unspecified atom stereocenters. The normalized spacial score (nSPS) is 15.3. The Hall–Kier alpha value is -2.45. The average molecular weight is 399 g/mol. The van der Waals surface area contributed by atoms with E-state index in [1.165, 1.54) is 5.01 Å². The number of amides is 2. The van der Waals surface area contributed by atoms with Crippen molar-refractivity contribution in [3.63, 3.8) is 0 Å². The molecule has 0 radical (unpaired) electrons. The molecular formula is C20H26N6OS. The van der Waals surface area contributed by atoms with Crippen molar-refractivity contribution in [1.82, 2.24) is 24.6 Å². The lowest BCUT2D eigenvalue weighted by atomic mass is 10.2. The fourth-order valence-electron chi connectivity index (χ4n) is 3.52. The fourth-order valence-corrected chi connectivity index (χ4v) is 4.26. The maximum Gasteiger partial charge on any atom is 0.321 e. The molecule has 0 spiro atoms. The van der Waals surface area contributed by atoms with E-state index in [0.717, 1.165) is 68.0 Å². The van der Waals surface area contributed by atoms with Gasteiger partial charge >= 0.3 is 6.03 Å². The summed E-state index contributed by atoms with van der Waals surface area (Å²) in [5.41, 5.74) is 2.99. The van der Waals surface area contributed by atoms with Gasteiger partial charge in [0.1, 0.15) is 0 Å². The van der Waals surface area contributed by atoms with Crippen molar-refractivity contribution in [1.29, 1.82) is 0 Å². The van der Waals surface area contributed by atoms with Crippen LogP contribution in [0.15, 0.2) is 29.8 Å². The van der Waals surface area contributed by atoms with Crippen LogP contribution in [0.1, 0.15) is 24.5 Å². The number of carbonyl (C=O) groups is 1. The summed E-state index contributed by atoms with van der Waals surface area (Å²) in [5.74, 6) is 0. The SMILES string of the molecule is CCc1nc(CN2CCN(C(=O)Nc3ccc4cnn(CC)c4c3)CC2)cs1. The van der Waals surface area contributed by atoms with E-state index in [-0.39, 0.29) is 6.03 Å². The van der Waals surface area contributed by atoms with Crippen LogP contribution in [0.3, 0.4) is 0 Å². The molecule has 1 aliphatic rings. The van der Waals surface area contributed by atoms with E-state index >= 15 is 0 Å². The number of anilines is 1. The van der Waals surface area contributed by atoms with Gasteiger partial charge in [0.05, 0.1) is 22.4 Å². The van der Waals surface area contributed by atoms with Gasteiger partial charge in [0.15, 0.2) is 0 Å². The Bertz CT molecular complexity index is 957. The van der Waals surface area contributed by atoms with Crippen LogP contribution in [0, 0.1) is 0 Å². The van der Waals surface area contributed by atoms with E-state index in [2.05, 4.69) is 39.5 Å². The monoisotopic (exact) mass is 398 g/mol. The summed E-state index contributed by atoms with van der Waals surface area (Å²) in [6, 6.07) is 5.89. The number of hydrogen-bond donors (Lipinski definition) is 1. The zero-order valence-corrected chi connectivity index (χ0v) is 17.2. The van der Waals surface area contributed by atoms with Gasteiger partial charge in [-0.15, -0.1) is 11.3 Å². The van der Waals surface area contributed by atoms with Gasteiger partial charge in [-0.1, -0.05) is 6.92 Å². The topological polar surface area (TPSA) is 66.3 Å². The predicted molar refractivity (Wildman–Crippen MR) is 113 cm³/mol. The van der Waals surface area contributed by atoms with E-state index in [1.807, 2.05) is 34.0 Å². The molecule has 3 heterocycles. The summed E-state index contributed by atoms with van der Waals surface area (Å²) in [5, 5.41) is 11.8. The van der Waals surface area contributed by atoms with Gasteiger partial charge < -0.3 is 10.2 Å². The van der Waals surface area contributed by atoms with Gasteiger partial charge in [0, 0.05) is 55.7 Å². The number of urea groups is 1. The molecule has 1 saturated heterocycles. The molecule has 4 rings (SSSR count). The summed E-state index contributed by atoms with van der Waals surface area (Å²) >= 11 is 1.73. The van der Waals surface area contributed by atoms with Crippen LogP contribution < -0.4 is 5.32 Å². The molecule has 3 aromatic rings. The predicted octanol–water partition coefficient (Wildman–Crippen LogP) is 3.42. The Morgan fingerprint density at radius 2 is 2.04 bits per heavy atom. The number of benzene rings is 1. The number of thiazole rings is 1. The second kappa shape index (κ2) is 8.28. The molecule has 148 valence electrons. The first kappa shape index (κ1) is 18.9. The summed E-state index contributed by atoms with van der Waals surface area (Å²) in [7, 11) is 0. The molecule has 2 amide bonds. The lowest BCUT2D eigenvalue weighted by Gasteiger charge is -2.34. The smallest absolute Gasteiger partial charge is 0.321 e. The summed E-state index contributed by atoms with van der Waals surface area (Å²) in [6.07, 6.45) is 2.85. The fraction of sp³-hybridized carbons (Fsp3) is 0.450. The molecule has 2 aromatic heterocycles. The van der Waals surface area contributed by atoms with E-state index < -0.39 is 0 Å². The third kappa shape index (κ3) is 4.02. The Kier molecular flexibility index (Phi) is 5.59. The Morgan fingerprint density at radius 1 is 1.21 bits per heavy atom. The molecule has 28 heavy (non-hydrogen) atoms. The summed E-state index contributed by atoms with van der Waals surface area (Å²) in [4.78, 5) is 21.6. The van der Waals surface area contributed by atoms with E-state index in [0.29, 0.717) is 0 Å². The van der Waals surface area contributed by atoms with Crippen molar-refractivity contribution >= 4 is 34.0 Å². The number of aromatic nitrogens is 3. The molecule has 0 saturated carbocycles. The van der Waals surface area contributed by atoms with Gasteiger partial charge in [-0.2, -0.15) is 5.10 Å². The van der Waals surface area contributed by atoms with Gasteiger partial charge in [-0.25, -0.2) is 9.78 Å². The Labute approximate surface area is 169 Å². The van der Waals surface area contributed by atoms with Crippen molar-refractivity contribution in [2.45, 2.75) is 33.4 Å². The Morgan fingerprint density at radius 3 is 2.75 bits per heavy atom. The van der Waals surface area contributed by atoms with E-state index in [4.69, 9.17) is 0 Å². The number of nitrogens with zero attached hydrogens (tertiary/aromatic N) is 5. The number of rotatable bonds is 5. The van der Waals surface area contributed by atoms with Crippen molar-refractivity contribution in [2.24, 2.45) is 0 Å². The maximum absolute atomic E-state index is 12.7. The summed E-state index contributed by atoms with van der Waals surface area (Å²) in [6.45, 7) is 9.06. The molecule has 1 aliphatic heterocycles. The largest absolute Gasteiger partial charge is 0.322 e. The molecule has 7 nitrogen and oxygen atoms in total. The van der Waals surface area contributed by atoms with Crippen LogP contribution in [0.4, 0.5) is 10.5 Å². The summed E-state index contributed by atoms with van der Waals surface area (Å²) < 4.78 is 1.94. The van der Waals surface area contributed by atoms with Crippen LogP contribution in [0.2, 0.25) is 0 Å². The van der Waals surface area contributed by atoms with Gasteiger partial charge in [0.25, 0.3) is 0 Å². The van der Waals surface area contributed by atoms with E-state index in [9.17, 15) is 4.79 Å². The van der Waals surface area contributed by atoms with Crippen LogP contribution in [-0.4, -0.2) is 56.8 Å². The van der Waals surface area contributed by atoms with Gasteiger partial charge in [-0.05, 0) is 31.5 Å². The number of fused-ring (bicyclic) bond motifs is 1. The average Bonchev–Trinajstić information content (AvgIpc) is 3.34. The van der Waals surface area contributed by atoms with Crippen LogP contribution >= 0.6 is 11.3 Å². The zero-order valence-electron chi connectivity index (χ0n) is 16.4. The lowest BCUT2D eigenvalue weighted by molar-refractivity contribution is 0.142. The first-order valence-electron chi connectivity index (χ1n) is 9.83. The number of nitrogens with one attached hydrogen (secondary N) is 1. The lowest BCUT2D eigenvalue weighted by Crippen LogP contribution is -2.49. The zero-order chi connectivity index (χ0) is 19.5. The molecule has 0 bridgehead atoms. The van der Waals surface area contributed by atoms with Crippen LogP contribution in [-0.2, 0) is 19.5 Å². The number of piperazine rings is 1. The van der Waals surface area contributed by atoms with Crippen LogP contribution in [0.25, 0.3) is 10.9 Å². The van der Waals surface area contributed by atoms with Crippen molar-refractivity contribution in [3.8, 4) is 0 Å². The quantitative estimate of drug-likeness (QED) is 0.715. The maximum atomic E-state index is 12.7. The van der Waals surface area contributed by atoms with Crippen molar-refractivity contribution in [2.75, 3.05) is 31.5 Å². The number of carbonyl (C=O) groups excluding carboxylic acids is 1. The highest BCUT2D eigenvalue weighted by Gasteiger charge is 2.22. The van der Waals surface area contributed by atoms with Gasteiger partial charge in [0.2, 0.25) is 0 Å². The second-order valence-electron chi connectivity index (χ2n) is 7.01. The molecule has 8 heteroatoms. The molecule has 0 atom stereocenters. The number of aryl methyl sites for hydroxylation is 2. The molecular weight excluding hydrogens is 372 g/mol. The van der Waals surface area contributed by atoms with Crippen molar-refractivity contribution in [3.05, 3.63) is 40.5 Å². The third-order valence-corrected chi connectivity index (χ3v) is 6.18.